The van der Waals surface area contributed by atoms with Crippen LogP contribution in [0.25, 0.3) is 11.8 Å². The average molecular weight is 314 g/mol. The highest BCUT2D eigenvalue weighted by Gasteiger charge is 2.24. The number of benzene rings is 1. The van der Waals surface area contributed by atoms with Crippen LogP contribution in [0.15, 0.2) is 47.4 Å². The van der Waals surface area contributed by atoms with Gasteiger partial charge >= 0.3 is 5.97 Å². The second kappa shape index (κ2) is 6.07. The van der Waals surface area contributed by atoms with Crippen LogP contribution in [-0.4, -0.2) is 20.2 Å². The van der Waals surface area contributed by atoms with E-state index in [1.165, 1.54) is 0 Å². The molecule has 0 fully saturated rings. The molecule has 4 nitrogen and oxygen atoms in total. The minimum absolute atomic E-state index is 0.360. The van der Waals surface area contributed by atoms with Crippen molar-refractivity contribution in [2.45, 2.75) is 0 Å². The molecular weight excluding hydrogens is 300 g/mol. The number of rotatable bonds is 4. The number of carbonyl (C=O) groups excluding carboxylic acids is 1. The predicted molar refractivity (Wildman–Crippen MR) is 85.9 cm³/mol. The van der Waals surface area contributed by atoms with Gasteiger partial charge in [0.2, 0.25) is 0 Å². The fraction of sp³-hybridized carbons (Fsp3) is 0.118. The fourth-order valence-corrected chi connectivity index (χ4v) is 2.82. The molecule has 1 aliphatic rings. The van der Waals surface area contributed by atoms with Crippen LogP contribution in [0.2, 0.25) is 0 Å². The molecule has 1 aromatic carbocycles. The Morgan fingerprint density at radius 3 is 2.73 bits per heavy atom. The first-order chi connectivity index (χ1) is 10.7. The summed E-state index contributed by atoms with van der Waals surface area (Å²) in [4.78, 5) is 13.0. The van der Waals surface area contributed by atoms with Crippen LogP contribution in [-0.2, 0) is 9.53 Å². The molecule has 22 heavy (non-hydrogen) atoms. The van der Waals surface area contributed by atoms with Gasteiger partial charge in [-0.25, -0.2) is 4.79 Å². The zero-order chi connectivity index (χ0) is 15.5. The third-order valence-electron chi connectivity index (χ3n) is 3.24. The van der Waals surface area contributed by atoms with E-state index in [0.717, 1.165) is 4.88 Å². The Bertz CT molecular complexity index is 757. The maximum atomic E-state index is 12.0. The quantitative estimate of drug-likeness (QED) is 0.637. The van der Waals surface area contributed by atoms with Gasteiger partial charge in [0.25, 0.3) is 0 Å². The summed E-state index contributed by atoms with van der Waals surface area (Å²) in [5.41, 5.74) is 1.24. The van der Waals surface area contributed by atoms with Crippen LogP contribution in [0.3, 0.4) is 0 Å². The lowest BCUT2D eigenvalue weighted by molar-refractivity contribution is -0.130. The van der Waals surface area contributed by atoms with Crippen molar-refractivity contribution in [3.8, 4) is 11.5 Å². The van der Waals surface area contributed by atoms with Crippen LogP contribution < -0.4 is 9.47 Å². The molecule has 0 saturated heterocycles. The van der Waals surface area contributed by atoms with Gasteiger partial charge in [-0.3, -0.25) is 0 Å². The van der Waals surface area contributed by atoms with E-state index in [0.29, 0.717) is 28.4 Å². The third-order valence-corrected chi connectivity index (χ3v) is 4.06. The van der Waals surface area contributed by atoms with Gasteiger partial charge in [0.05, 0.1) is 25.4 Å². The Morgan fingerprint density at radius 2 is 2.05 bits per heavy atom. The maximum Gasteiger partial charge on any atom is 0.343 e. The van der Waals surface area contributed by atoms with Crippen LogP contribution in [0.1, 0.15) is 10.4 Å². The summed E-state index contributed by atoms with van der Waals surface area (Å²) in [6.45, 7) is 0. The van der Waals surface area contributed by atoms with Gasteiger partial charge < -0.3 is 14.2 Å². The van der Waals surface area contributed by atoms with E-state index < -0.39 is 0 Å². The Kier molecular flexibility index (Phi) is 3.98. The first-order valence-electron chi connectivity index (χ1n) is 6.63. The Balaban J connectivity index is 1.97. The molecule has 2 heterocycles. The molecule has 0 N–H and O–H groups in total. The highest BCUT2D eigenvalue weighted by molar-refractivity contribution is 7.10. The van der Waals surface area contributed by atoms with E-state index in [4.69, 9.17) is 14.2 Å². The van der Waals surface area contributed by atoms with Gasteiger partial charge in [0, 0.05) is 10.9 Å². The highest BCUT2D eigenvalue weighted by Crippen LogP contribution is 2.35. The lowest BCUT2D eigenvalue weighted by Crippen LogP contribution is -1.98. The molecule has 5 heteroatoms. The molecular formula is C17H14O4S. The van der Waals surface area contributed by atoms with Gasteiger partial charge in [0.1, 0.15) is 17.3 Å². The highest BCUT2D eigenvalue weighted by atomic mass is 32.1. The molecule has 1 aliphatic heterocycles. The minimum Gasteiger partial charge on any atom is -0.497 e. The Labute approximate surface area is 132 Å². The lowest BCUT2D eigenvalue weighted by Gasteiger charge is -2.10. The molecule has 0 radical (unpaired) electrons. The van der Waals surface area contributed by atoms with E-state index in [1.807, 2.05) is 29.7 Å². The van der Waals surface area contributed by atoms with Gasteiger partial charge in [-0.05, 0) is 35.7 Å². The van der Waals surface area contributed by atoms with E-state index in [9.17, 15) is 4.79 Å². The summed E-state index contributed by atoms with van der Waals surface area (Å²) in [5, 5.41) is 1.96. The number of carbonyl (C=O) groups is 1. The van der Waals surface area contributed by atoms with Crippen molar-refractivity contribution >= 4 is 29.1 Å². The number of ether oxygens (including phenoxy) is 3. The van der Waals surface area contributed by atoms with Gasteiger partial charge in [-0.2, -0.15) is 0 Å². The summed E-state index contributed by atoms with van der Waals surface area (Å²) >= 11 is 1.57. The normalized spacial score (nSPS) is 15.6. The van der Waals surface area contributed by atoms with Gasteiger partial charge in [-0.1, -0.05) is 6.07 Å². The smallest absolute Gasteiger partial charge is 0.343 e. The minimum atomic E-state index is -0.360. The standard InChI is InChI=1S/C17H14O4S/c1-19-12-5-6-14(15(10-12)20-2)16-9-11(17(18)21-16)8-13-4-3-7-22-13/h3-10H,1-2H3. The van der Waals surface area contributed by atoms with Crippen LogP contribution in [0.4, 0.5) is 0 Å². The molecule has 0 bridgehead atoms. The first-order valence-corrected chi connectivity index (χ1v) is 7.50. The summed E-state index contributed by atoms with van der Waals surface area (Å²) in [7, 11) is 3.16. The van der Waals surface area contributed by atoms with Crippen molar-refractivity contribution in [2.75, 3.05) is 14.2 Å². The number of methoxy groups -OCH3 is 2. The number of hydrogen-bond acceptors (Lipinski definition) is 5. The fourth-order valence-electron chi connectivity index (χ4n) is 2.15. The molecule has 0 atom stereocenters. The average Bonchev–Trinajstić information content (AvgIpc) is 3.17. The number of thiophene rings is 1. The van der Waals surface area contributed by atoms with Crippen molar-refractivity contribution in [1.82, 2.24) is 0 Å². The molecule has 112 valence electrons. The molecule has 0 aliphatic carbocycles. The maximum absolute atomic E-state index is 12.0. The van der Waals surface area contributed by atoms with E-state index in [-0.39, 0.29) is 5.97 Å². The zero-order valence-electron chi connectivity index (χ0n) is 12.2. The van der Waals surface area contributed by atoms with Crippen molar-refractivity contribution < 1.29 is 19.0 Å². The summed E-state index contributed by atoms with van der Waals surface area (Å²) in [5.74, 6) is 1.39. The van der Waals surface area contributed by atoms with Crippen LogP contribution >= 0.6 is 11.3 Å². The number of esters is 1. The third kappa shape index (κ3) is 2.76. The molecule has 0 amide bonds. The van der Waals surface area contributed by atoms with Gasteiger partial charge in [-0.15, -0.1) is 11.3 Å². The Hall–Kier alpha value is -2.53. The lowest BCUT2D eigenvalue weighted by atomic mass is 10.1. The summed E-state index contributed by atoms with van der Waals surface area (Å²) in [6.07, 6.45) is 3.54. The zero-order valence-corrected chi connectivity index (χ0v) is 13.0. The van der Waals surface area contributed by atoms with E-state index in [2.05, 4.69) is 0 Å². The monoisotopic (exact) mass is 314 g/mol. The predicted octanol–water partition coefficient (Wildman–Crippen LogP) is 3.75. The molecule has 2 aromatic rings. The number of cyclic esters (lactones) is 1. The molecule has 3 rings (SSSR count). The van der Waals surface area contributed by atoms with E-state index >= 15 is 0 Å². The largest absolute Gasteiger partial charge is 0.497 e. The first kappa shape index (κ1) is 14.4. The second-order valence-electron chi connectivity index (χ2n) is 4.58. The number of hydrogen-bond donors (Lipinski definition) is 0. The molecule has 0 saturated carbocycles. The van der Waals surface area contributed by atoms with Crippen molar-refractivity contribution in [3.63, 3.8) is 0 Å². The van der Waals surface area contributed by atoms with Crippen LogP contribution in [0.5, 0.6) is 11.5 Å². The van der Waals surface area contributed by atoms with Crippen LogP contribution in [0, 0.1) is 0 Å². The molecule has 0 unspecified atom stereocenters. The molecule has 1 aromatic heterocycles. The van der Waals surface area contributed by atoms with Crippen molar-refractivity contribution in [2.24, 2.45) is 0 Å². The Morgan fingerprint density at radius 1 is 1.18 bits per heavy atom. The van der Waals surface area contributed by atoms with Gasteiger partial charge in [0.15, 0.2) is 0 Å². The topological polar surface area (TPSA) is 44.8 Å². The summed E-state index contributed by atoms with van der Waals surface area (Å²) < 4.78 is 15.9. The van der Waals surface area contributed by atoms with E-state index in [1.54, 1.807) is 43.8 Å². The summed E-state index contributed by atoms with van der Waals surface area (Å²) in [6, 6.07) is 9.25. The van der Waals surface area contributed by atoms with Crippen molar-refractivity contribution in [3.05, 3.63) is 57.8 Å². The SMILES string of the molecule is COc1ccc(C2=CC(=Cc3cccs3)C(=O)O2)c(OC)c1. The second-order valence-corrected chi connectivity index (χ2v) is 5.56. The molecule has 0 spiro atoms. The van der Waals surface area contributed by atoms with Crippen molar-refractivity contribution in [1.29, 1.82) is 0 Å².